The molecule has 1 aromatic carbocycles. The van der Waals surface area contributed by atoms with Gasteiger partial charge in [-0.2, -0.15) is 0 Å². The number of rotatable bonds is 2. The fourth-order valence-corrected chi connectivity index (χ4v) is 3.14. The minimum absolute atomic E-state index is 0.0866. The number of carbonyl (C=O) groups is 2. The number of carbonyl (C=O) groups excluding carboxylic acids is 1. The van der Waals surface area contributed by atoms with Gasteiger partial charge >= 0.3 is 5.97 Å². The van der Waals surface area contributed by atoms with Crippen molar-refractivity contribution in [1.82, 2.24) is 4.90 Å². The lowest BCUT2D eigenvalue weighted by Crippen LogP contribution is -2.28. The van der Waals surface area contributed by atoms with E-state index in [0.717, 1.165) is 22.3 Å². The molecule has 0 aliphatic carbocycles. The van der Waals surface area contributed by atoms with Gasteiger partial charge in [0, 0.05) is 13.5 Å². The van der Waals surface area contributed by atoms with Gasteiger partial charge in [0.2, 0.25) is 5.91 Å². The SMILES string of the molecule is Cc1cc(C)c(C2C(C(=O)O)CC(=O)N2C)c(C)c1. The molecule has 1 aliphatic rings. The van der Waals surface area contributed by atoms with Crippen molar-refractivity contribution in [3.05, 3.63) is 34.4 Å². The Morgan fingerprint density at radius 2 is 1.79 bits per heavy atom. The van der Waals surface area contributed by atoms with E-state index in [1.165, 1.54) is 0 Å². The van der Waals surface area contributed by atoms with Crippen molar-refractivity contribution in [3.63, 3.8) is 0 Å². The van der Waals surface area contributed by atoms with Crippen LogP contribution in [0, 0.1) is 26.7 Å². The summed E-state index contributed by atoms with van der Waals surface area (Å²) in [4.78, 5) is 24.8. The van der Waals surface area contributed by atoms with Crippen LogP contribution in [-0.4, -0.2) is 28.9 Å². The summed E-state index contributed by atoms with van der Waals surface area (Å²) in [7, 11) is 1.69. The van der Waals surface area contributed by atoms with E-state index >= 15 is 0 Å². The molecule has 102 valence electrons. The minimum atomic E-state index is -0.901. The molecule has 4 nitrogen and oxygen atoms in total. The summed E-state index contributed by atoms with van der Waals surface area (Å²) in [6.07, 6.45) is 0.0866. The molecule has 0 bridgehead atoms. The van der Waals surface area contributed by atoms with Gasteiger partial charge in [-0.3, -0.25) is 9.59 Å². The van der Waals surface area contributed by atoms with E-state index in [-0.39, 0.29) is 18.4 Å². The molecule has 1 fully saturated rings. The van der Waals surface area contributed by atoms with Gasteiger partial charge in [0.1, 0.15) is 0 Å². The van der Waals surface area contributed by atoms with Crippen LogP contribution in [0.1, 0.15) is 34.7 Å². The van der Waals surface area contributed by atoms with Gasteiger partial charge in [-0.1, -0.05) is 17.7 Å². The Balaban J connectivity index is 2.55. The van der Waals surface area contributed by atoms with Crippen LogP contribution in [0.25, 0.3) is 0 Å². The molecular weight excluding hydrogens is 242 g/mol. The standard InChI is InChI=1S/C15H19NO3/c1-8-5-9(2)13(10(3)6-8)14-11(15(18)19)7-12(17)16(14)4/h5-6,11,14H,7H2,1-4H3,(H,18,19). The van der Waals surface area contributed by atoms with Crippen molar-refractivity contribution in [2.45, 2.75) is 33.2 Å². The molecule has 2 rings (SSSR count). The van der Waals surface area contributed by atoms with Crippen LogP contribution in [0.4, 0.5) is 0 Å². The van der Waals surface area contributed by atoms with E-state index in [9.17, 15) is 14.7 Å². The van der Waals surface area contributed by atoms with Crippen molar-refractivity contribution < 1.29 is 14.7 Å². The first-order valence-electron chi connectivity index (χ1n) is 6.39. The Labute approximate surface area is 113 Å². The van der Waals surface area contributed by atoms with Crippen molar-refractivity contribution in [2.75, 3.05) is 7.05 Å². The fraction of sp³-hybridized carbons (Fsp3) is 0.467. The molecule has 0 spiro atoms. The molecular formula is C15H19NO3. The van der Waals surface area contributed by atoms with Crippen LogP contribution < -0.4 is 0 Å². The van der Waals surface area contributed by atoms with Gasteiger partial charge < -0.3 is 10.0 Å². The molecule has 1 aromatic rings. The Kier molecular flexibility index (Phi) is 3.35. The first kappa shape index (κ1) is 13.6. The van der Waals surface area contributed by atoms with Gasteiger partial charge in [-0.05, 0) is 37.5 Å². The number of nitrogens with zero attached hydrogens (tertiary/aromatic N) is 1. The smallest absolute Gasteiger partial charge is 0.309 e. The predicted molar refractivity (Wildman–Crippen MR) is 71.9 cm³/mol. The molecule has 19 heavy (non-hydrogen) atoms. The van der Waals surface area contributed by atoms with Crippen molar-refractivity contribution in [3.8, 4) is 0 Å². The fourth-order valence-electron chi connectivity index (χ4n) is 3.14. The zero-order valence-corrected chi connectivity index (χ0v) is 11.7. The number of amides is 1. The lowest BCUT2D eigenvalue weighted by Gasteiger charge is -2.27. The average Bonchev–Trinajstić information content (AvgIpc) is 2.56. The summed E-state index contributed by atoms with van der Waals surface area (Å²) in [6, 6.07) is 3.72. The Bertz CT molecular complexity index is 527. The van der Waals surface area contributed by atoms with Crippen LogP contribution in [0.2, 0.25) is 0 Å². The van der Waals surface area contributed by atoms with Gasteiger partial charge in [0.05, 0.1) is 12.0 Å². The van der Waals surface area contributed by atoms with E-state index in [4.69, 9.17) is 0 Å². The zero-order valence-electron chi connectivity index (χ0n) is 11.7. The second-order valence-electron chi connectivity index (χ2n) is 5.41. The number of aryl methyl sites for hydroxylation is 3. The molecule has 1 aliphatic heterocycles. The summed E-state index contributed by atoms with van der Waals surface area (Å²) >= 11 is 0. The van der Waals surface area contributed by atoms with Gasteiger partial charge in [0.25, 0.3) is 0 Å². The molecule has 2 unspecified atom stereocenters. The molecule has 0 aromatic heterocycles. The highest BCUT2D eigenvalue weighted by molar-refractivity contribution is 5.87. The summed E-state index contributed by atoms with van der Waals surface area (Å²) in [5, 5.41) is 9.34. The monoisotopic (exact) mass is 261 g/mol. The molecule has 1 amide bonds. The second-order valence-corrected chi connectivity index (χ2v) is 5.41. The Hall–Kier alpha value is -1.84. The highest BCUT2D eigenvalue weighted by atomic mass is 16.4. The molecule has 2 atom stereocenters. The van der Waals surface area contributed by atoms with Gasteiger partial charge in [-0.15, -0.1) is 0 Å². The van der Waals surface area contributed by atoms with Crippen molar-refractivity contribution in [2.24, 2.45) is 5.92 Å². The Morgan fingerprint density at radius 3 is 2.26 bits per heavy atom. The summed E-state index contributed by atoms with van der Waals surface area (Å²) in [6.45, 7) is 5.97. The quantitative estimate of drug-likeness (QED) is 0.888. The van der Waals surface area contributed by atoms with Gasteiger partial charge in [-0.25, -0.2) is 0 Å². The van der Waals surface area contributed by atoms with Crippen LogP contribution in [0.15, 0.2) is 12.1 Å². The first-order chi connectivity index (χ1) is 8.82. The second kappa shape index (κ2) is 4.68. The van der Waals surface area contributed by atoms with E-state index in [1.54, 1.807) is 11.9 Å². The lowest BCUT2D eigenvalue weighted by atomic mass is 9.87. The third-order valence-corrected chi connectivity index (χ3v) is 3.94. The van der Waals surface area contributed by atoms with E-state index in [2.05, 4.69) is 0 Å². The third kappa shape index (κ3) is 2.23. The third-order valence-electron chi connectivity index (χ3n) is 3.94. The maximum Gasteiger partial charge on any atom is 0.309 e. The van der Waals surface area contributed by atoms with Crippen LogP contribution in [0.5, 0.6) is 0 Å². The highest BCUT2D eigenvalue weighted by Crippen LogP contribution is 2.40. The molecule has 4 heteroatoms. The molecule has 1 heterocycles. The average molecular weight is 261 g/mol. The Morgan fingerprint density at radius 1 is 1.26 bits per heavy atom. The summed E-state index contributed by atoms with van der Waals surface area (Å²) < 4.78 is 0. The highest BCUT2D eigenvalue weighted by Gasteiger charge is 2.43. The van der Waals surface area contributed by atoms with E-state index in [0.29, 0.717) is 0 Å². The number of carboxylic acids is 1. The number of benzene rings is 1. The minimum Gasteiger partial charge on any atom is -0.481 e. The largest absolute Gasteiger partial charge is 0.481 e. The topological polar surface area (TPSA) is 57.6 Å². The number of hydrogen-bond acceptors (Lipinski definition) is 2. The van der Waals surface area contributed by atoms with Crippen LogP contribution >= 0.6 is 0 Å². The zero-order chi connectivity index (χ0) is 14.3. The van der Waals surface area contributed by atoms with Crippen molar-refractivity contribution >= 4 is 11.9 Å². The normalized spacial score (nSPS) is 22.9. The van der Waals surface area contributed by atoms with Crippen LogP contribution in [0.3, 0.4) is 0 Å². The predicted octanol–water partition coefficient (Wildman–Crippen LogP) is 2.22. The molecule has 0 radical (unpaired) electrons. The maximum atomic E-state index is 11.8. The number of aliphatic carboxylic acids is 1. The van der Waals surface area contributed by atoms with Gasteiger partial charge in [0.15, 0.2) is 0 Å². The molecule has 0 saturated carbocycles. The lowest BCUT2D eigenvalue weighted by molar-refractivity contribution is -0.142. The van der Waals surface area contributed by atoms with E-state index in [1.807, 2.05) is 32.9 Å². The van der Waals surface area contributed by atoms with Crippen LogP contribution in [-0.2, 0) is 9.59 Å². The van der Waals surface area contributed by atoms with Crippen molar-refractivity contribution in [1.29, 1.82) is 0 Å². The van der Waals surface area contributed by atoms with E-state index < -0.39 is 11.9 Å². The number of carboxylic acid groups (broad SMARTS) is 1. The first-order valence-corrected chi connectivity index (χ1v) is 6.39. The number of likely N-dealkylation sites (tertiary alicyclic amines) is 1. The molecule has 1 saturated heterocycles. The summed E-state index contributed by atoms with van der Waals surface area (Å²) in [5.41, 5.74) is 4.23. The summed E-state index contributed by atoms with van der Waals surface area (Å²) in [5.74, 6) is -1.66. The molecule has 1 N–H and O–H groups in total. The maximum absolute atomic E-state index is 11.8. The number of hydrogen-bond donors (Lipinski definition) is 1.